The van der Waals surface area contributed by atoms with E-state index in [1.807, 2.05) is 12.1 Å². The lowest BCUT2D eigenvalue weighted by atomic mass is 9.98. The lowest BCUT2D eigenvalue weighted by Gasteiger charge is -2.32. The van der Waals surface area contributed by atoms with E-state index < -0.39 is 10.0 Å². The van der Waals surface area contributed by atoms with E-state index in [1.54, 1.807) is 34.9 Å². The van der Waals surface area contributed by atoms with Crippen LogP contribution in [-0.2, 0) is 10.0 Å². The second-order valence-electron chi connectivity index (χ2n) is 8.50. The van der Waals surface area contributed by atoms with Crippen molar-refractivity contribution in [2.45, 2.75) is 37.5 Å². The van der Waals surface area contributed by atoms with Gasteiger partial charge in [-0.2, -0.15) is 4.31 Å². The summed E-state index contributed by atoms with van der Waals surface area (Å²) in [6.45, 7) is 6.30. The first-order chi connectivity index (χ1) is 14.5. The van der Waals surface area contributed by atoms with Gasteiger partial charge in [-0.25, -0.2) is 18.4 Å². The van der Waals surface area contributed by atoms with Crippen molar-refractivity contribution in [2.24, 2.45) is 11.8 Å². The summed E-state index contributed by atoms with van der Waals surface area (Å²) in [5, 5.41) is 3.44. The molecule has 1 aromatic heterocycles. The number of sulfonamides is 1. The summed E-state index contributed by atoms with van der Waals surface area (Å²) in [5.74, 6) is 2.96. The fraction of sp³-hybridized carbons (Fsp3) is 0.545. The number of hydrogen-bond acceptors (Lipinski definition) is 6. The normalized spacial score (nSPS) is 21.5. The topological polar surface area (TPSA) is 78.4 Å². The minimum atomic E-state index is -3.39. The smallest absolute Gasteiger partial charge is 0.243 e. The number of rotatable bonds is 6. The van der Waals surface area contributed by atoms with Gasteiger partial charge in [0.2, 0.25) is 10.0 Å². The highest BCUT2D eigenvalue weighted by atomic mass is 32.2. The third-order valence-electron chi connectivity index (χ3n) is 6.16. The molecule has 1 unspecified atom stereocenters. The van der Waals surface area contributed by atoms with Crippen LogP contribution in [0.15, 0.2) is 47.6 Å². The fourth-order valence-electron chi connectivity index (χ4n) is 4.36. The summed E-state index contributed by atoms with van der Waals surface area (Å²) in [5.41, 5.74) is 0. The molecule has 1 N–H and O–H groups in total. The van der Waals surface area contributed by atoms with E-state index in [2.05, 4.69) is 27.1 Å². The molecule has 2 saturated heterocycles. The van der Waals surface area contributed by atoms with Crippen LogP contribution < -0.4 is 10.2 Å². The van der Waals surface area contributed by atoms with E-state index >= 15 is 0 Å². The lowest BCUT2D eigenvalue weighted by Crippen LogP contribution is -2.39. The van der Waals surface area contributed by atoms with Crippen molar-refractivity contribution in [1.29, 1.82) is 0 Å². The molecule has 30 heavy (non-hydrogen) atoms. The maximum absolute atomic E-state index is 12.8. The minimum absolute atomic E-state index is 0.377. The number of aromatic nitrogens is 2. The van der Waals surface area contributed by atoms with E-state index in [-0.39, 0.29) is 0 Å². The van der Waals surface area contributed by atoms with Crippen LogP contribution in [0.5, 0.6) is 0 Å². The van der Waals surface area contributed by atoms with Crippen molar-refractivity contribution >= 4 is 21.7 Å². The second-order valence-corrected chi connectivity index (χ2v) is 10.4. The Labute approximate surface area is 179 Å². The van der Waals surface area contributed by atoms with Gasteiger partial charge in [-0.15, -0.1) is 0 Å². The molecule has 4 rings (SSSR count). The molecule has 2 fully saturated rings. The predicted octanol–water partition coefficient (Wildman–Crippen LogP) is 3.23. The molecule has 0 saturated carbocycles. The van der Waals surface area contributed by atoms with Crippen molar-refractivity contribution in [2.75, 3.05) is 42.9 Å². The SMILES string of the molecule is CC1CCCN(c2cc(NCC3CCN(S(=O)(=O)c4ccccc4)CC3)ncn2)C1. The standard InChI is InChI=1S/C22H31N5O2S/c1-18-6-5-11-26(16-18)22-14-21(24-17-25-22)23-15-19-9-12-27(13-10-19)30(28,29)20-7-3-2-4-8-20/h2-4,7-8,14,17-19H,5-6,9-13,15-16H2,1H3,(H,23,24,25). The number of nitrogens with zero attached hydrogens (tertiary/aromatic N) is 4. The van der Waals surface area contributed by atoms with Gasteiger partial charge < -0.3 is 10.2 Å². The van der Waals surface area contributed by atoms with Gasteiger partial charge in [-0.3, -0.25) is 0 Å². The van der Waals surface area contributed by atoms with Gasteiger partial charge in [0.05, 0.1) is 4.90 Å². The fourth-order valence-corrected chi connectivity index (χ4v) is 5.85. The van der Waals surface area contributed by atoms with E-state index in [1.165, 1.54) is 12.8 Å². The molecule has 2 aromatic rings. The van der Waals surface area contributed by atoms with Crippen LogP contribution >= 0.6 is 0 Å². The maximum Gasteiger partial charge on any atom is 0.243 e. The second kappa shape index (κ2) is 9.31. The van der Waals surface area contributed by atoms with E-state index in [0.29, 0.717) is 29.8 Å². The predicted molar refractivity (Wildman–Crippen MR) is 119 cm³/mol. The molecule has 0 amide bonds. The zero-order valence-corrected chi connectivity index (χ0v) is 18.4. The van der Waals surface area contributed by atoms with E-state index in [0.717, 1.165) is 44.1 Å². The molecular formula is C22H31N5O2S. The van der Waals surface area contributed by atoms with Gasteiger partial charge in [0.1, 0.15) is 18.0 Å². The van der Waals surface area contributed by atoms with E-state index in [9.17, 15) is 8.42 Å². The molecule has 7 nitrogen and oxygen atoms in total. The van der Waals surface area contributed by atoms with Crippen molar-refractivity contribution in [3.63, 3.8) is 0 Å². The van der Waals surface area contributed by atoms with Gasteiger partial charge in [0, 0.05) is 38.8 Å². The Morgan fingerprint density at radius 3 is 2.57 bits per heavy atom. The molecule has 2 aliphatic rings. The number of piperidine rings is 2. The lowest BCUT2D eigenvalue weighted by molar-refractivity contribution is 0.282. The monoisotopic (exact) mass is 429 g/mol. The Hall–Kier alpha value is -2.19. The van der Waals surface area contributed by atoms with Crippen molar-refractivity contribution in [3.05, 3.63) is 42.7 Å². The summed E-state index contributed by atoms with van der Waals surface area (Å²) in [4.78, 5) is 11.6. The molecule has 8 heteroatoms. The Bertz CT molecular complexity index is 930. The van der Waals surface area contributed by atoms with Gasteiger partial charge in [-0.05, 0) is 49.7 Å². The Balaban J connectivity index is 1.29. The first-order valence-corrected chi connectivity index (χ1v) is 12.3. The molecular weight excluding hydrogens is 398 g/mol. The summed E-state index contributed by atoms with van der Waals surface area (Å²) in [6, 6.07) is 10.7. The van der Waals surface area contributed by atoms with Crippen LogP contribution in [0.4, 0.5) is 11.6 Å². The van der Waals surface area contributed by atoms with Crippen LogP contribution in [-0.4, -0.2) is 55.4 Å². The van der Waals surface area contributed by atoms with Crippen molar-refractivity contribution < 1.29 is 8.42 Å². The third-order valence-corrected chi connectivity index (χ3v) is 8.07. The molecule has 1 aromatic carbocycles. The number of benzene rings is 1. The molecule has 0 bridgehead atoms. The molecule has 2 aliphatic heterocycles. The maximum atomic E-state index is 12.8. The average Bonchev–Trinajstić information content (AvgIpc) is 2.79. The van der Waals surface area contributed by atoms with Crippen molar-refractivity contribution in [3.8, 4) is 0 Å². The summed E-state index contributed by atoms with van der Waals surface area (Å²) >= 11 is 0. The van der Waals surface area contributed by atoms with Crippen LogP contribution in [0.1, 0.15) is 32.6 Å². The van der Waals surface area contributed by atoms with Crippen LogP contribution in [0, 0.1) is 11.8 Å². The average molecular weight is 430 g/mol. The van der Waals surface area contributed by atoms with Crippen LogP contribution in [0.2, 0.25) is 0 Å². The highest BCUT2D eigenvalue weighted by molar-refractivity contribution is 7.89. The molecule has 3 heterocycles. The summed E-state index contributed by atoms with van der Waals surface area (Å²) < 4.78 is 27.2. The highest BCUT2D eigenvalue weighted by Gasteiger charge is 2.29. The van der Waals surface area contributed by atoms with Crippen LogP contribution in [0.25, 0.3) is 0 Å². The first-order valence-electron chi connectivity index (χ1n) is 10.9. The van der Waals surface area contributed by atoms with E-state index in [4.69, 9.17) is 0 Å². The third kappa shape index (κ3) is 4.92. The molecule has 0 radical (unpaired) electrons. The Kier molecular flexibility index (Phi) is 6.53. The van der Waals surface area contributed by atoms with Gasteiger partial charge in [-0.1, -0.05) is 25.1 Å². The summed E-state index contributed by atoms with van der Waals surface area (Å²) in [7, 11) is -3.39. The molecule has 162 valence electrons. The van der Waals surface area contributed by atoms with Crippen LogP contribution in [0.3, 0.4) is 0 Å². The molecule has 1 atom stereocenters. The van der Waals surface area contributed by atoms with Gasteiger partial charge in [0.15, 0.2) is 0 Å². The highest BCUT2D eigenvalue weighted by Crippen LogP contribution is 2.25. The number of nitrogens with one attached hydrogen (secondary N) is 1. The number of anilines is 2. The zero-order valence-electron chi connectivity index (χ0n) is 17.6. The van der Waals surface area contributed by atoms with Crippen molar-refractivity contribution in [1.82, 2.24) is 14.3 Å². The minimum Gasteiger partial charge on any atom is -0.370 e. The summed E-state index contributed by atoms with van der Waals surface area (Å²) in [6.07, 6.45) is 5.82. The van der Waals surface area contributed by atoms with Gasteiger partial charge in [0.25, 0.3) is 0 Å². The Morgan fingerprint density at radius 2 is 1.83 bits per heavy atom. The van der Waals surface area contributed by atoms with Gasteiger partial charge >= 0.3 is 0 Å². The molecule has 0 aliphatic carbocycles. The number of hydrogen-bond donors (Lipinski definition) is 1. The Morgan fingerprint density at radius 1 is 1.07 bits per heavy atom. The first kappa shape index (κ1) is 21.1. The quantitative estimate of drug-likeness (QED) is 0.760. The molecule has 0 spiro atoms. The largest absolute Gasteiger partial charge is 0.370 e. The zero-order chi connectivity index (χ0) is 21.0.